The molecule has 0 aliphatic carbocycles. The summed E-state index contributed by atoms with van der Waals surface area (Å²) < 4.78 is 0. The summed E-state index contributed by atoms with van der Waals surface area (Å²) in [5.74, 6) is -0.186. The Morgan fingerprint density at radius 1 is 1.00 bits per heavy atom. The van der Waals surface area contributed by atoms with E-state index in [1.54, 1.807) is 6.08 Å². The molecule has 0 fully saturated rings. The van der Waals surface area contributed by atoms with Gasteiger partial charge in [0.15, 0.2) is 5.13 Å². The molecule has 0 aliphatic rings. The molecule has 0 unspecified atom stereocenters. The molecule has 0 bridgehead atoms. The van der Waals surface area contributed by atoms with Gasteiger partial charge in [-0.1, -0.05) is 72.3 Å². The Kier molecular flexibility index (Phi) is 4.81. The van der Waals surface area contributed by atoms with E-state index in [2.05, 4.69) is 34.6 Å². The Bertz CT molecular complexity index is 1120. The van der Waals surface area contributed by atoms with Crippen LogP contribution in [0, 0.1) is 6.92 Å². The second-order valence-electron chi connectivity index (χ2n) is 6.30. The number of anilines is 1. The fourth-order valence-electron chi connectivity index (χ4n) is 2.90. The van der Waals surface area contributed by atoms with Crippen LogP contribution < -0.4 is 5.32 Å². The van der Waals surface area contributed by atoms with Crippen LogP contribution in [0.5, 0.6) is 0 Å². The van der Waals surface area contributed by atoms with E-state index in [0.717, 1.165) is 22.2 Å². The Labute approximate surface area is 162 Å². The van der Waals surface area contributed by atoms with Crippen molar-refractivity contribution in [3.63, 3.8) is 0 Å². The van der Waals surface area contributed by atoms with Crippen LogP contribution in [0.4, 0.5) is 5.13 Å². The Morgan fingerprint density at radius 3 is 2.63 bits per heavy atom. The van der Waals surface area contributed by atoms with Crippen molar-refractivity contribution >= 4 is 39.2 Å². The van der Waals surface area contributed by atoms with Crippen molar-refractivity contribution in [3.8, 4) is 11.3 Å². The third-order valence-electron chi connectivity index (χ3n) is 4.30. The number of nitrogens with one attached hydrogen (secondary N) is 1. The van der Waals surface area contributed by atoms with Crippen molar-refractivity contribution < 1.29 is 4.79 Å². The van der Waals surface area contributed by atoms with Gasteiger partial charge in [-0.05, 0) is 29.3 Å². The first-order valence-electron chi connectivity index (χ1n) is 8.68. The zero-order chi connectivity index (χ0) is 18.6. The van der Waals surface area contributed by atoms with E-state index in [0.29, 0.717) is 5.13 Å². The van der Waals surface area contributed by atoms with Gasteiger partial charge in [-0.25, -0.2) is 4.98 Å². The highest BCUT2D eigenvalue weighted by atomic mass is 32.1. The molecule has 1 N–H and O–H groups in total. The van der Waals surface area contributed by atoms with Gasteiger partial charge in [-0.2, -0.15) is 0 Å². The van der Waals surface area contributed by atoms with Gasteiger partial charge in [-0.15, -0.1) is 11.3 Å². The van der Waals surface area contributed by atoms with E-state index in [4.69, 9.17) is 0 Å². The minimum Gasteiger partial charge on any atom is -0.298 e. The maximum absolute atomic E-state index is 12.2. The normalized spacial score (nSPS) is 11.1. The molecule has 1 amide bonds. The molecule has 4 rings (SSSR count). The average Bonchev–Trinajstić information content (AvgIpc) is 3.15. The number of carbonyl (C=O) groups is 1. The van der Waals surface area contributed by atoms with Crippen LogP contribution in [0.2, 0.25) is 0 Å². The SMILES string of the molecule is Cc1ccc(/C=C\C(=O)Nc2nc(-c3cccc4ccccc34)cs2)cc1. The summed E-state index contributed by atoms with van der Waals surface area (Å²) >= 11 is 1.43. The molecular formula is C23H18N2OS. The van der Waals surface area contributed by atoms with Crippen LogP contribution in [0.1, 0.15) is 11.1 Å². The summed E-state index contributed by atoms with van der Waals surface area (Å²) in [6.07, 6.45) is 3.33. The van der Waals surface area contributed by atoms with Crippen molar-refractivity contribution in [2.75, 3.05) is 5.32 Å². The molecule has 1 heterocycles. The smallest absolute Gasteiger partial charge is 0.250 e. The van der Waals surface area contributed by atoms with Gasteiger partial charge < -0.3 is 0 Å². The lowest BCUT2D eigenvalue weighted by Crippen LogP contribution is -2.07. The zero-order valence-corrected chi connectivity index (χ0v) is 15.7. The maximum Gasteiger partial charge on any atom is 0.250 e. The zero-order valence-electron chi connectivity index (χ0n) is 14.8. The van der Waals surface area contributed by atoms with Crippen LogP contribution >= 0.6 is 11.3 Å². The number of amides is 1. The molecule has 0 radical (unpaired) electrons. The molecule has 3 nitrogen and oxygen atoms in total. The van der Waals surface area contributed by atoms with Crippen molar-refractivity contribution in [1.29, 1.82) is 0 Å². The summed E-state index contributed by atoms with van der Waals surface area (Å²) in [6, 6.07) is 22.4. The lowest BCUT2D eigenvalue weighted by Gasteiger charge is -2.03. The number of aryl methyl sites for hydroxylation is 1. The predicted molar refractivity (Wildman–Crippen MR) is 114 cm³/mol. The van der Waals surface area contributed by atoms with E-state index >= 15 is 0 Å². The second-order valence-corrected chi connectivity index (χ2v) is 7.16. The van der Waals surface area contributed by atoms with E-state index in [1.807, 2.05) is 54.8 Å². The first-order chi connectivity index (χ1) is 13.2. The minimum atomic E-state index is -0.186. The number of nitrogens with zero attached hydrogens (tertiary/aromatic N) is 1. The van der Waals surface area contributed by atoms with Crippen LogP contribution in [-0.2, 0) is 4.79 Å². The van der Waals surface area contributed by atoms with Gasteiger partial charge >= 0.3 is 0 Å². The molecule has 4 heteroatoms. The number of hydrogen-bond donors (Lipinski definition) is 1. The van der Waals surface area contributed by atoms with Gasteiger partial charge in [0.05, 0.1) is 5.69 Å². The maximum atomic E-state index is 12.2. The quantitative estimate of drug-likeness (QED) is 0.453. The standard InChI is InChI=1S/C23H18N2OS/c1-16-9-11-17(12-10-16)13-14-22(26)25-23-24-21(15-27-23)20-8-4-6-18-5-2-3-7-19(18)20/h2-15H,1H3,(H,24,25,26)/b14-13-. The molecule has 132 valence electrons. The second kappa shape index (κ2) is 7.56. The largest absolute Gasteiger partial charge is 0.298 e. The first-order valence-corrected chi connectivity index (χ1v) is 9.56. The van der Waals surface area contributed by atoms with Crippen LogP contribution in [-0.4, -0.2) is 10.9 Å². The van der Waals surface area contributed by atoms with Crippen molar-refractivity contribution in [1.82, 2.24) is 4.98 Å². The number of fused-ring (bicyclic) bond motifs is 1. The van der Waals surface area contributed by atoms with Crippen molar-refractivity contribution in [2.45, 2.75) is 6.92 Å². The van der Waals surface area contributed by atoms with E-state index in [9.17, 15) is 4.79 Å². The van der Waals surface area contributed by atoms with Crippen molar-refractivity contribution in [2.24, 2.45) is 0 Å². The highest BCUT2D eigenvalue weighted by Crippen LogP contribution is 2.30. The molecular weight excluding hydrogens is 352 g/mol. The van der Waals surface area contributed by atoms with E-state index in [-0.39, 0.29) is 5.91 Å². The van der Waals surface area contributed by atoms with Gasteiger partial charge in [0.1, 0.15) is 0 Å². The van der Waals surface area contributed by atoms with E-state index in [1.165, 1.54) is 28.4 Å². The highest BCUT2D eigenvalue weighted by molar-refractivity contribution is 7.14. The summed E-state index contributed by atoms with van der Waals surface area (Å²) in [5.41, 5.74) is 4.13. The number of aromatic nitrogens is 1. The first kappa shape index (κ1) is 17.2. The molecule has 1 aromatic heterocycles. The molecule has 0 saturated carbocycles. The molecule has 3 aromatic carbocycles. The van der Waals surface area contributed by atoms with Gasteiger partial charge in [0.25, 0.3) is 0 Å². The summed E-state index contributed by atoms with van der Waals surface area (Å²) in [4.78, 5) is 16.8. The number of benzene rings is 3. The van der Waals surface area contributed by atoms with Gasteiger partial charge in [-0.3, -0.25) is 10.1 Å². The minimum absolute atomic E-state index is 0.186. The van der Waals surface area contributed by atoms with Crippen LogP contribution in [0.15, 0.2) is 78.2 Å². The fourth-order valence-corrected chi connectivity index (χ4v) is 3.61. The molecule has 0 saturated heterocycles. The summed E-state index contributed by atoms with van der Waals surface area (Å²) in [5, 5.41) is 7.74. The third kappa shape index (κ3) is 3.96. The average molecular weight is 370 g/mol. The fraction of sp³-hybridized carbons (Fsp3) is 0.0435. The topological polar surface area (TPSA) is 42.0 Å². The number of carbonyl (C=O) groups excluding carboxylic acids is 1. The lowest BCUT2D eigenvalue weighted by atomic mass is 10.0. The summed E-state index contributed by atoms with van der Waals surface area (Å²) in [7, 11) is 0. The van der Waals surface area contributed by atoms with Gasteiger partial charge in [0, 0.05) is 17.0 Å². The van der Waals surface area contributed by atoms with Gasteiger partial charge in [0.2, 0.25) is 5.91 Å². The molecule has 4 aromatic rings. The molecule has 0 spiro atoms. The lowest BCUT2D eigenvalue weighted by molar-refractivity contribution is -0.111. The number of thiazole rings is 1. The van der Waals surface area contributed by atoms with Crippen LogP contribution in [0.3, 0.4) is 0 Å². The highest BCUT2D eigenvalue weighted by Gasteiger charge is 2.09. The Balaban J connectivity index is 1.51. The third-order valence-corrected chi connectivity index (χ3v) is 5.06. The monoisotopic (exact) mass is 370 g/mol. The van der Waals surface area contributed by atoms with E-state index < -0.39 is 0 Å². The molecule has 27 heavy (non-hydrogen) atoms. The number of hydrogen-bond acceptors (Lipinski definition) is 3. The summed E-state index contributed by atoms with van der Waals surface area (Å²) in [6.45, 7) is 2.04. The Morgan fingerprint density at radius 2 is 1.78 bits per heavy atom. The molecule has 0 atom stereocenters. The van der Waals surface area contributed by atoms with Crippen LogP contribution in [0.25, 0.3) is 28.1 Å². The molecule has 0 aliphatic heterocycles. The Hall–Kier alpha value is -3.24. The van der Waals surface area contributed by atoms with Crippen molar-refractivity contribution in [3.05, 3.63) is 89.3 Å². The number of rotatable bonds is 4. The predicted octanol–water partition coefficient (Wildman–Crippen LogP) is 5.92.